The number of nitrogens with zero attached hydrogens (tertiary/aromatic N) is 7. The van der Waals surface area contributed by atoms with Gasteiger partial charge in [-0.2, -0.15) is 9.61 Å². The zero-order chi connectivity index (χ0) is 19.9. The van der Waals surface area contributed by atoms with E-state index >= 15 is 0 Å². The molecule has 1 unspecified atom stereocenters. The van der Waals surface area contributed by atoms with E-state index in [4.69, 9.17) is 5.10 Å². The lowest BCUT2D eigenvalue weighted by Gasteiger charge is -2.46. The van der Waals surface area contributed by atoms with E-state index in [9.17, 15) is 4.79 Å². The normalized spacial score (nSPS) is 20.1. The van der Waals surface area contributed by atoms with Crippen molar-refractivity contribution in [1.29, 1.82) is 0 Å². The van der Waals surface area contributed by atoms with Gasteiger partial charge < -0.3 is 9.80 Å². The highest BCUT2D eigenvalue weighted by Gasteiger charge is 2.48. The molecule has 1 atom stereocenters. The van der Waals surface area contributed by atoms with Gasteiger partial charge >= 0.3 is 6.03 Å². The molecular formula is C19H25N7OS. The van der Waals surface area contributed by atoms with Crippen LogP contribution in [-0.4, -0.2) is 61.3 Å². The summed E-state index contributed by atoms with van der Waals surface area (Å²) in [5.41, 5.74) is 0.843. The van der Waals surface area contributed by atoms with Crippen LogP contribution in [0.15, 0.2) is 23.7 Å². The molecule has 1 aliphatic heterocycles. The van der Waals surface area contributed by atoms with E-state index in [1.165, 1.54) is 0 Å². The minimum Gasteiger partial charge on any atom is -0.331 e. The Labute approximate surface area is 168 Å². The topological polar surface area (TPSA) is 79.5 Å². The molecule has 0 aromatic carbocycles. The Kier molecular flexibility index (Phi) is 4.78. The van der Waals surface area contributed by atoms with Crippen LogP contribution in [0, 0.1) is 0 Å². The van der Waals surface area contributed by atoms with Crippen LogP contribution in [0.25, 0.3) is 5.65 Å². The summed E-state index contributed by atoms with van der Waals surface area (Å²) in [6, 6.07) is 3.88. The molecule has 148 valence electrons. The van der Waals surface area contributed by atoms with Gasteiger partial charge in [0.05, 0.1) is 5.69 Å². The highest BCUT2D eigenvalue weighted by Crippen LogP contribution is 2.44. The van der Waals surface area contributed by atoms with Gasteiger partial charge in [0.2, 0.25) is 0 Å². The second kappa shape index (κ2) is 7.12. The summed E-state index contributed by atoms with van der Waals surface area (Å²) in [5.74, 6) is 1.01. The van der Waals surface area contributed by atoms with Crippen LogP contribution in [0.4, 0.5) is 4.79 Å². The maximum atomic E-state index is 13.1. The number of rotatable bonds is 3. The predicted octanol–water partition coefficient (Wildman–Crippen LogP) is 3.12. The van der Waals surface area contributed by atoms with Gasteiger partial charge in [-0.3, -0.25) is 0 Å². The second-order valence-corrected chi connectivity index (χ2v) is 8.58. The summed E-state index contributed by atoms with van der Waals surface area (Å²) < 4.78 is 1.81. The van der Waals surface area contributed by atoms with Crippen molar-refractivity contribution < 1.29 is 4.79 Å². The summed E-state index contributed by atoms with van der Waals surface area (Å²) in [6.45, 7) is 4.82. The van der Waals surface area contributed by atoms with Crippen LogP contribution < -0.4 is 0 Å². The molecule has 1 saturated heterocycles. The highest BCUT2D eigenvalue weighted by atomic mass is 32.1. The van der Waals surface area contributed by atoms with Crippen LogP contribution in [0.1, 0.15) is 55.6 Å². The van der Waals surface area contributed by atoms with Gasteiger partial charge in [0.25, 0.3) is 0 Å². The van der Waals surface area contributed by atoms with E-state index in [0.717, 1.165) is 35.8 Å². The molecule has 28 heavy (non-hydrogen) atoms. The van der Waals surface area contributed by atoms with Gasteiger partial charge in [-0.05, 0) is 31.4 Å². The van der Waals surface area contributed by atoms with Crippen molar-refractivity contribution in [3.8, 4) is 0 Å². The van der Waals surface area contributed by atoms with E-state index in [2.05, 4.69) is 29.0 Å². The molecule has 0 N–H and O–H groups in total. The zero-order valence-corrected chi connectivity index (χ0v) is 17.5. The van der Waals surface area contributed by atoms with Crippen molar-refractivity contribution in [2.75, 3.05) is 20.6 Å². The number of urea groups is 1. The number of aromatic nitrogens is 5. The van der Waals surface area contributed by atoms with Crippen LogP contribution in [0.5, 0.6) is 0 Å². The van der Waals surface area contributed by atoms with Gasteiger partial charge in [0.1, 0.15) is 10.5 Å². The number of amides is 2. The zero-order valence-electron chi connectivity index (χ0n) is 16.7. The molecule has 0 spiro atoms. The average Bonchev–Trinajstić information content (AvgIpc) is 3.36. The van der Waals surface area contributed by atoms with Gasteiger partial charge in [0.15, 0.2) is 11.5 Å². The number of likely N-dealkylation sites (tertiary alicyclic amines) is 1. The number of piperidine rings is 1. The Balaban J connectivity index is 1.95. The molecule has 0 bridgehead atoms. The molecule has 0 radical (unpaired) electrons. The minimum atomic E-state index is -0.680. The first kappa shape index (κ1) is 18.8. The van der Waals surface area contributed by atoms with Crippen molar-refractivity contribution in [3.63, 3.8) is 0 Å². The lowest BCUT2D eigenvalue weighted by Crippen LogP contribution is -2.56. The summed E-state index contributed by atoms with van der Waals surface area (Å²) >= 11 is 1.57. The number of carbonyl (C=O) groups is 1. The molecule has 1 fully saturated rings. The van der Waals surface area contributed by atoms with Crippen LogP contribution in [-0.2, 0) is 5.54 Å². The maximum absolute atomic E-state index is 13.1. The Hall–Kier alpha value is -2.55. The van der Waals surface area contributed by atoms with Gasteiger partial charge in [-0.25, -0.2) is 9.78 Å². The maximum Gasteiger partial charge on any atom is 0.320 e. The molecule has 1 aliphatic rings. The molecule has 3 aromatic rings. The smallest absolute Gasteiger partial charge is 0.320 e. The molecule has 0 aliphatic carbocycles. The Morgan fingerprint density at radius 1 is 1.25 bits per heavy atom. The summed E-state index contributed by atoms with van der Waals surface area (Å²) in [5, 5.41) is 16.3. The number of hydrogen-bond donors (Lipinski definition) is 0. The SMILES string of the molecule is CC(C)c1nnc2ccc(C3(c4nccs4)CCCCN3C(=O)N(C)C)nn12. The van der Waals surface area contributed by atoms with E-state index in [0.29, 0.717) is 12.2 Å². The van der Waals surface area contributed by atoms with Gasteiger partial charge in [0, 0.05) is 38.1 Å². The first-order chi connectivity index (χ1) is 13.4. The fraction of sp³-hybridized carbons (Fsp3) is 0.526. The predicted molar refractivity (Wildman–Crippen MR) is 107 cm³/mol. The average molecular weight is 400 g/mol. The fourth-order valence-electron chi connectivity index (χ4n) is 3.89. The van der Waals surface area contributed by atoms with Crippen LogP contribution >= 0.6 is 11.3 Å². The number of fused-ring (bicyclic) bond motifs is 1. The molecule has 2 amide bonds. The molecular weight excluding hydrogens is 374 g/mol. The Bertz CT molecular complexity index is 982. The summed E-state index contributed by atoms with van der Waals surface area (Å²) in [7, 11) is 3.58. The third-order valence-corrected chi connectivity index (χ3v) is 6.18. The third kappa shape index (κ3) is 2.85. The van der Waals surface area contributed by atoms with Crippen molar-refractivity contribution in [1.82, 2.24) is 34.6 Å². The minimum absolute atomic E-state index is 0.0235. The van der Waals surface area contributed by atoms with E-state index in [-0.39, 0.29) is 11.9 Å². The lowest BCUT2D eigenvalue weighted by molar-refractivity contribution is 0.0822. The van der Waals surface area contributed by atoms with Crippen molar-refractivity contribution in [2.45, 2.75) is 44.6 Å². The van der Waals surface area contributed by atoms with Crippen molar-refractivity contribution in [2.24, 2.45) is 0 Å². The largest absolute Gasteiger partial charge is 0.331 e. The molecule has 0 saturated carbocycles. The third-order valence-electron chi connectivity index (χ3n) is 5.26. The standard InChI is InChI=1S/C19H25N7OS/c1-13(2)16-22-21-15-8-7-14(23-26(15)16)19(17-20-10-12-28-17)9-5-6-11-25(19)18(27)24(3)4/h7-8,10,12-13H,5-6,9,11H2,1-4H3. The quantitative estimate of drug-likeness (QED) is 0.676. The molecule has 9 heteroatoms. The highest BCUT2D eigenvalue weighted by molar-refractivity contribution is 7.09. The van der Waals surface area contributed by atoms with Crippen LogP contribution in [0.3, 0.4) is 0 Å². The van der Waals surface area contributed by atoms with E-state index < -0.39 is 5.54 Å². The molecule has 4 heterocycles. The van der Waals surface area contributed by atoms with E-state index in [1.807, 2.05) is 26.9 Å². The van der Waals surface area contributed by atoms with Gasteiger partial charge in [-0.15, -0.1) is 21.5 Å². The first-order valence-corrected chi connectivity index (χ1v) is 10.4. The Morgan fingerprint density at radius 2 is 2.07 bits per heavy atom. The monoisotopic (exact) mass is 399 g/mol. The van der Waals surface area contributed by atoms with Crippen molar-refractivity contribution in [3.05, 3.63) is 40.2 Å². The number of hydrogen-bond acceptors (Lipinski definition) is 6. The van der Waals surface area contributed by atoms with Crippen LogP contribution in [0.2, 0.25) is 0 Å². The molecule has 8 nitrogen and oxygen atoms in total. The lowest BCUT2D eigenvalue weighted by atomic mass is 9.84. The number of thiazole rings is 1. The molecule has 3 aromatic heterocycles. The Morgan fingerprint density at radius 3 is 2.75 bits per heavy atom. The van der Waals surface area contributed by atoms with Gasteiger partial charge in [-0.1, -0.05) is 13.8 Å². The van der Waals surface area contributed by atoms with E-state index in [1.54, 1.807) is 36.5 Å². The second-order valence-electron chi connectivity index (χ2n) is 7.68. The number of carbonyl (C=O) groups excluding carboxylic acids is 1. The van der Waals surface area contributed by atoms with Crippen molar-refractivity contribution >= 4 is 23.0 Å². The molecule has 4 rings (SSSR count). The summed E-state index contributed by atoms with van der Waals surface area (Å²) in [6.07, 6.45) is 4.57. The fourth-order valence-corrected chi connectivity index (χ4v) is 4.77. The summed E-state index contributed by atoms with van der Waals surface area (Å²) in [4.78, 5) is 21.3. The first-order valence-electron chi connectivity index (χ1n) is 9.57.